The largest absolute Gasteiger partial charge is 0.477 e. The monoisotopic (exact) mass is 495 g/mol. The van der Waals surface area contributed by atoms with Crippen molar-refractivity contribution in [1.82, 2.24) is 0 Å². The third kappa shape index (κ3) is 3.48. The highest BCUT2D eigenvalue weighted by Gasteiger charge is 2.39. The molecule has 5 rings (SSSR count). The third-order valence-electron chi connectivity index (χ3n) is 5.63. The minimum atomic E-state index is -1.03. The van der Waals surface area contributed by atoms with Gasteiger partial charge in [0, 0.05) is 5.56 Å². The van der Waals surface area contributed by atoms with Gasteiger partial charge >= 0.3 is 0 Å². The number of ether oxygens (including phenoxy) is 1. The van der Waals surface area contributed by atoms with Crippen molar-refractivity contribution >= 4 is 58.2 Å². The van der Waals surface area contributed by atoms with Crippen molar-refractivity contribution in [3.8, 4) is 5.75 Å². The quantitative estimate of drug-likeness (QED) is 0.557. The Morgan fingerprint density at radius 2 is 1.65 bits per heavy atom. The number of hydrogen-bond donors (Lipinski definition) is 1. The lowest BCUT2D eigenvalue weighted by molar-refractivity contribution is -0.124. The number of amides is 4. The lowest BCUT2D eigenvalue weighted by Crippen LogP contribution is -2.49. The fourth-order valence-electron chi connectivity index (χ4n) is 3.96. The molecule has 34 heavy (non-hydrogen) atoms. The maximum atomic E-state index is 13.4. The second-order valence-electron chi connectivity index (χ2n) is 7.70. The number of hydrogen-bond acceptors (Lipinski definition) is 5. The van der Waals surface area contributed by atoms with E-state index in [0.29, 0.717) is 11.4 Å². The van der Waals surface area contributed by atoms with E-state index in [1.54, 1.807) is 24.3 Å². The first-order chi connectivity index (χ1) is 16.3. The van der Waals surface area contributed by atoms with Crippen LogP contribution in [-0.2, 0) is 4.79 Å². The van der Waals surface area contributed by atoms with E-state index in [0.717, 1.165) is 4.90 Å². The summed E-state index contributed by atoms with van der Waals surface area (Å²) in [7, 11) is 0. The molecule has 170 valence electrons. The standard InChI is InChI=1S/C24H15Cl2N3O5/c25-16-8-6-13(10-17(16)26)29-23(32)14-7-5-12(9-15(14)24(29)33)22(31)28-11-20(21(27)30)34-19-4-2-1-3-18(19)28/h1-10,20H,11H2,(H2,27,30). The summed E-state index contributed by atoms with van der Waals surface area (Å²) < 4.78 is 5.60. The van der Waals surface area contributed by atoms with Crippen LogP contribution in [0.15, 0.2) is 60.7 Å². The van der Waals surface area contributed by atoms with Crippen molar-refractivity contribution < 1.29 is 23.9 Å². The SMILES string of the molecule is NC(=O)C1CN(C(=O)c2ccc3c(c2)C(=O)N(c2ccc(Cl)c(Cl)c2)C3=O)c2ccccc2O1. The minimum Gasteiger partial charge on any atom is -0.477 e. The van der Waals surface area contributed by atoms with Crippen LogP contribution in [-0.4, -0.2) is 36.3 Å². The number of primary amides is 1. The maximum absolute atomic E-state index is 13.4. The number of imide groups is 1. The highest BCUT2D eigenvalue weighted by molar-refractivity contribution is 6.42. The summed E-state index contributed by atoms with van der Waals surface area (Å²) in [6.45, 7) is -0.0927. The lowest BCUT2D eigenvalue weighted by atomic mass is 10.0. The zero-order chi connectivity index (χ0) is 24.1. The van der Waals surface area contributed by atoms with Crippen molar-refractivity contribution in [2.45, 2.75) is 6.10 Å². The molecule has 0 bridgehead atoms. The van der Waals surface area contributed by atoms with Crippen LogP contribution in [0.25, 0.3) is 0 Å². The van der Waals surface area contributed by atoms with E-state index in [9.17, 15) is 19.2 Å². The topological polar surface area (TPSA) is 110 Å². The second kappa shape index (κ2) is 8.16. The van der Waals surface area contributed by atoms with Gasteiger partial charge in [-0.05, 0) is 48.5 Å². The van der Waals surface area contributed by atoms with Gasteiger partial charge in [-0.25, -0.2) is 4.90 Å². The van der Waals surface area contributed by atoms with Crippen LogP contribution in [0.4, 0.5) is 11.4 Å². The van der Waals surface area contributed by atoms with Gasteiger partial charge in [0.15, 0.2) is 6.10 Å². The molecular formula is C24H15Cl2N3O5. The Hall–Kier alpha value is -3.88. The number of anilines is 2. The van der Waals surface area contributed by atoms with Crippen molar-refractivity contribution in [2.75, 3.05) is 16.3 Å². The van der Waals surface area contributed by atoms with E-state index in [1.165, 1.54) is 41.3 Å². The van der Waals surface area contributed by atoms with E-state index in [2.05, 4.69) is 0 Å². The molecule has 0 aromatic heterocycles. The van der Waals surface area contributed by atoms with Crippen molar-refractivity contribution in [2.24, 2.45) is 5.73 Å². The van der Waals surface area contributed by atoms with Gasteiger partial charge in [-0.2, -0.15) is 0 Å². The van der Waals surface area contributed by atoms with Crippen LogP contribution in [0.1, 0.15) is 31.1 Å². The number of fused-ring (bicyclic) bond motifs is 2. The Bertz CT molecular complexity index is 1410. The van der Waals surface area contributed by atoms with Gasteiger partial charge in [0.1, 0.15) is 5.75 Å². The third-order valence-corrected chi connectivity index (χ3v) is 6.37. The number of carbonyl (C=O) groups is 4. The molecule has 3 aromatic rings. The summed E-state index contributed by atoms with van der Waals surface area (Å²) in [5.74, 6) is -1.98. The van der Waals surface area contributed by atoms with E-state index >= 15 is 0 Å². The predicted molar refractivity (Wildman–Crippen MR) is 126 cm³/mol. The van der Waals surface area contributed by atoms with Gasteiger partial charge in [-0.15, -0.1) is 0 Å². The smallest absolute Gasteiger partial charge is 0.266 e. The van der Waals surface area contributed by atoms with Gasteiger partial charge < -0.3 is 15.4 Å². The number of benzene rings is 3. The molecule has 2 aliphatic heterocycles. The van der Waals surface area contributed by atoms with E-state index in [-0.39, 0.29) is 39.0 Å². The van der Waals surface area contributed by atoms with Crippen molar-refractivity contribution in [1.29, 1.82) is 0 Å². The van der Waals surface area contributed by atoms with E-state index < -0.39 is 29.7 Å². The normalized spacial score (nSPS) is 16.7. The number of nitrogens with zero attached hydrogens (tertiary/aromatic N) is 2. The molecule has 10 heteroatoms. The van der Waals surface area contributed by atoms with Gasteiger partial charge in [0.05, 0.1) is 39.1 Å². The summed E-state index contributed by atoms with van der Waals surface area (Å²) in [6.07, 6.45) is -1.03. The van der Waals surface area contributed by atoms with Crippen LogP contribution < -0.4 is 20.3 Å². The summed E-state index contributed by atoms with van der Waals surface area (Å²) in [5.41, 5.74) is 6.54. The molecule has 2 aliphatic rings. The van der Waals surface area contributed by atoms with E-state index in [1.807, 2.05) is 0 Å². The molecule has 2 N–H and O–H groups in total. The molecule has 0 saturated heterocycles. The highest BCUT2D eigenvalue weighted by atomic mass is 35.5. The molecular weight excluding hydrogens is 481 g/mol. The summed E-state index contributed by atoms with van der Waals surface area (Å²) in [6, 6.07) is 15.4. The molecule has 0 aliphatic carbocycles. The van der Waals surface area contributed by atoms with Crippen molar-refractivity contribution in [3.05, 3.63) is 87.4 Å². The average Bonchev–Trinajstić information content (AvgIpc) is 3.09. The van der Waals surface area contributed by atoms with Crippen LogP contribution in [0.3, 0.4) is 0 Å². The molecule has 0 spiro atoms. The highest BCUT2D eigenvalue weighted by Crippen LogP contribution is 2.36. The van der Waals surface area contributed by atoms with E-state index in [4.69, 9.17) is 33.7 Å². The fraction of sp³-hybridized carbons (Fsp3) is 0.0833. The molecule has 3 aromatic carbocycles. The second-order valence-corrected chi connectivity index (χ2v) is 8.51. The summed E-state index contributed by atoms with van der Waals surface area (Å²) in [5, 5.41) is 0.483. The van der Waals surface area contributed by atoms with Crippen LogP contribution in [0, 0.1) is 0 Å². The first-order valence-electron chi connectivity index (χ1n) is 10.1. The first-order valence-corrected chi connectivity index (χ1v) is 10.9. The molecule has 8 nitrogen and oxygen atoms in total. The average molecular weight is 496 g/mol. The zero-order valence-electron chi connectivity index (χ0n) is 17.3. The number of para-hydroxylation sites is 2. The molecule has 0 saturated carbocycles. The Morgan fingerprint density at radius 1 is 0.912 bits per heavy atom. The first kappa shape index (κ1) is 21.9. The van der Waals surface area contributed by atoms with Gasteiger partial charge in [0.2, 0.25) is 0 Å². The summed E-state index contributed by atoms with van der Waals surface area (Å²) >= 11 is 12.0. The number of carbonyl (C=O) groups excluding carboxylic acids is 4. The minimum absolute atomic E-state index is 0.0786. The number of nitrogens with two attached hydrogens (primary N) is 1. The van der Waals surface area contributed by atoms with Gasteiger partial charge in [0.25, 0.3) is 23.6 Å². The Balaban J connectivity index is 1.50. The van der Waals surface area contributed by atoms with Crippen LogP contribution in [0.5, 0.6) is 5.75 Å². The van der Waals surface area contributed by atoms with Gasteiger partial charge in [-0.1, -0.05) is 35.3 Å². The molecule has 0 fully saturated rings. The Morgan fingerprint density at radius 3 is 2.38 bits per heavy atom. The summed E-state index contributed by atoms with van der Waals surface area (Å²) in [4.78, 5) is 53.6. The van der Waals surface area contributed by atoms with Crippen molar-refractivity contribution in [3.63, 3.8) is 0 Å². The fourth-order valence-corrected chi connectivity index (χ4v) is 4.26. The Kier molecular flexibility index (Phi) is 5.27. The molecule has 0 radical (unpaired) electrons. The molecule has 1 unspecified atom stereocenters. The van der Waals surface area contributed by atoms with Crippen LogP contribution in [0.2, 0.25) is 10.0 Å². The maximum Gasteiger partial charge on any atom is 0.266 e. The number of halogens is 2. The zero-order valence-corrected chi connectivity index (χ0v) is 18.8. The molecule has 4 amide bonds. The number of rotatable bonds is 3. The predicted octanol–water partition coefficient (Wildman–Crippen LogP) is 3.69. The lowest BCUT2D eigenvalue weighted by Gasteiger charge is -2.33. The van der Waals surface area contributed by atoms with Crippen LogP contribution >= 0.6 is 23.2 Å². The van der Waals surface area contributed by atoms with Gasteiger partial charge in [-0.3, -0.25) is 19.2 Å². The molecule has 2 heterocycles. The molecule has 1 atom stereocenters. The Labute approximate surface area is 203 Å².